The van der Waals surface area contributed by atoms with Gasteiger partial charge in [-0.3, -0.25) is 14.7 Å². The van der Waals surface area contributed by atoms with E-state index in [-0.39, 0.29) is 11.9 Å². The molecule has 0 aromatic carbocycles. The summed E-state index contributed by atoms with van der Waals surface area (Å²) in [7, 11) is 0. The molecule has 1 aromatic heterocycles. The first kappa shape index (κ1) is 13.0. The van der Waals surface area contributed by atoms with Gasteiger partial charge in [-0.25, -0.2) is 0 Å². The second-order valence-corrected chi connectivity index (χ2v) is 4.94. The Morgan fingerprint density at radius 3 is 2.89 bits per heavy atom. The van der Waals surface area contributed by atoms with Gasteiger partial charge in [0.1, 0.15) is 0 Å². The number of nitrogens with zero attached hydrogens (tertiary/aromatic N) is 2. The van der Waals surface area contributed by atoms with Crippen molar-refractivity contribution >= 4 is 5.91 Å². The minimum atomic E-state index is -0.0181. The third kappa shape index (κ3) is 3.29. The summed E-state index contributed by atoms with van der Waals surface area (Å²) in [6.07, 6.45) is 4.20. The van der Waals surface area contributed by atoms with Gasteiger partial charge in [0.2, 0.25) is 5.91 Å². The first-order valence-electron chi connectivity index (χ1n) is 6.60. The molecule has 1 aliphatic rings. The van der Waals surface area contributed by atoms with E-state index in [9.17, 15) is 4.79 Å². The molecule has 1 saturated heterocycles. The zero-order valence-electron chi connectivity index (χ0n) is 11.1. The highest BCUT2D eigenvalue weighted by Crippen LogP contribution is 2.11. The molecule has 0 bridgehead atoms. The van der Waals surface area contributed by atoms with E-state index in [1.54, 1.807) is 6.20 Å². The van der Waals surface area contributed by atoms with Gasteiger partial charge in [0.15, 0.2) is 0 Å². The number of nitrogens with one attached hydrogen (secondary N) is 1. The van der Waals surface area contributed by atoms with E-state index in [0.29, 0.717) is 6.54 Å². The molecule has 1 aromatic rings. The van der Waals surface area contributed by atoms with E-state index in [1.807, 2.05) is 26.0 Å². The second-order valence-electron chi connectivity index (χ2n) is 4.94. The summed E-state index contributed by atoms with van der Waals surface area (Å²) >= 11 is 0. The molecular formula is C14H21N3O. The van der Waals surface area contributed by atoms with E-state index in [4.69, 9.17) is 0 Å². The van der Waals surface area contributed by atoms with Crippen molar-refractivity contribution in [3.05, 3.63) is 29.6 Å². The van der Waals surface area contributed by atoms with Crippen LogP contribution in [0.1, 0.15) is 31.0 Å². The number of aromatic nitrogens is 1. The number of carbonyl (C=O) groups excluding carboxylic acids is 1. The Bertz CT molecular complexity index is 413. The maximum atomic E-state index is 12.0. The number of pyridine rings is 1. The van der Waals surface area contributed by atoms with Gasteiger partial charge >= 0.3 is 0 Å². The summed E-state index contributed by atoms with van der Waals surface area (Å²) in [5.74, 6) is 0.117. The SMILES string of the molecule is Cc1cc(CNC(=O)C(C)N2CCCC2)ccn1. The molecule has 0 aliphatic carbocycles. The third-order valence-corrected chi connectivity index (χ3v) is 3.50. The molecule has 1 atom stereocenters. The molecule has 2 rings (SSSR count). The minimum Gasteiger partial charge on any atom is -0.351 e. The van der Waals surface area contributed by atoms with Gasteiger partial charge in [0.25, 0.3) is 0 Å². The Hall–Kier alpha value is -1.42. The van der Waals surface area contributed by atoms with Gasteiger partial charge in [-0.15, -0.1) is 0 Å². The topological polar surface area (TPSA) is 45.2 Å². The van der Waals surface area contributed by atoms with E-state index >= 15 is 0 Å². The first-order valence-corrected chi connectivity index (χ1v) is 6.60. The van der Waals surface area contributed by atoms with Crippen LogP contribution in [0.25, 0.3) is 0 Å². The predicted molar refractivity (Wildman–Crippen MR) is 71.1 cm³/mol. The number of likely N-dealkylation sites (tertiary alicyclic amines) is 1. The fourth-order valence-electron chi connectivity index (χ4n) is 2.35. The average molecular weight is 247 g/mol. The van der Waals surface area contributed by atoms with Crippen LogP contribution < -0.4 is 5.32 Å². The molecule has 4 heteroatoms. The van der Waals surface area contributed by atoms with Gasteiger partial charge in [-0.1, -0.05) is 0 Å². The van der Waals surface area contributed by atoms with Crippen molar-refractivity contribution in [2.24, 2.45) is 0 Å². The first-order chi connectivity index (χ1) is 8.66. The lowest BCUT2D eigenvalue weighted by atomic mass is 10.2. The summed E-state index contributed by atoms with van der Waals surface area (Å²) in [6.45, 7) is 6.61. The van der Waals surface area contributed by atoms with Crippen molar-refractivity contribution in [3.63, 3.8) is 0 Å². The van der Waals surface area contributed by atoms with Gasteiger partial charge < -0.3 is 5.32 Å². The zero-order valence-corrected chi connectivity index (χ0v) is 11.1. The lowest BCUT2D eigenvalue weighted by Gasteiger charge is -2.22. The van der Waals surface area contributed by atoms with Crippen LogP contribution in [0.4, 0.5) is 0 Å². The largest absolute Gasteiger partial charge is 0.351 e. The fourth-order valence-corrected chi connectivity index (χ4v) is 2.35. The van der Waals surface area contributed by atoms with Crippen LogP contribution in [0.3, 0.4) is 0 Å². The van der Waals surface area contributed by atoms with Gasteiger partial charge in [0, 0.05) is 18.4 Å². The highest BCUT2D eigenvalue weighted by atomic mass is 16.2. The Kier molecular flexibility index (Phi) is 4.31. The highest BCUT2D eigenvalue weighted by molar-refractivity contribution is 5.81. The molecule has 1 amide bonds. The zero-order chi connectivity index (χ0) is 13.0. The Labute approximate surface area is 108 Å². The molecule has 4 nitrogen and oxygen atoms in total. The monoisotopic (exact) mass is 247 g/mol. The Balaban J connectivity index is 1.84. The van der Waals surface area contributed by atoms with Crippen LogP contribution in [0, 0.1) is 6.92 Å². The molecule has 1 N–H and O–H groups in total. The summed E-state index contributed by atoms with van der Waals surface area (Å²) in [5, 5.41) is 2.99. The number of amides is 1. The fraction of sp³-hybridized carbons (Fsp3) is 0.571. The minimum absolute atomic E-state index is 0.0181. The van der Waals surface area contributed by atoms with Crippen molar-refractivity contribution in [2.75, 3.05) is 13.1 Å². The molecule has 1 fully saturated rings. The lowest BCUT2D eigenvalue weighted by molar-refractivity contribution is -0.125. The maximum Gasteiger partial charge on any atom is 0.237 e. The lowest BCUT2D eigenvalue weighted by Crippen LogP contribution is -2.43. The summed E-state index contributed by atoms with van der Waals surface area (Å²) in [4.78, 5) is 18.4. The molecule has 98 valence electrons. The quantitative estimate of drug-likeness (QED) is 0.877. The van der Waals surface area contributed by atoms with Crippen LogP contribution in [-0.2, 0) is 11.3 Å². The summed E-state index contributed by atoms with van der Waals surface area (Å²) < 4.78 is 0. The Morgan fingerprint density at radius 1 is 1.50 bits per heavy atom. The molecule has 0 radical (unpaired) electrons. The molecule has 0 saturated carbocycles. The number of aryl methyl sites for hydroxylation is 1. The second kappa shape index (κ2) is 5.96. The molecule has 2 heterocycles. The van der Waals surface area contributed by atoms with Gasteiger partial charge in [-0.2, -0.15) is 0 Å². The predicted octanol–water partition coefficient (Wildman–Crippen LogP) is 1.49. The normalized spacial score (nSPS) is 17.7. The van der Waals surface area contributed by atoms with E-state index < -0.39 is 0 Å². The standard InChI is InChI=1S/C14H21N3O/c1-11-9-13(5-6-15-11)10-16-14(18)12(2)17-7-3-4-8-17/h5-6,9,12H,3-4,7-8,10H2,1-2H3,(H,16,18). The number of hydrogen-bond acceptors (Lipinski definition) is 3. The molecule has 0 spiro atoms. The van der Waals surface area contributed by atoms with Crippen LogP contribution in [0.5, 0.6) is 0 Å². The van der Waals surface area contributed by atoms with Crippen LogP contribution in [0.15, 0.2) is 18.3 Å². The molecule has 1 aliphatic heterocycles. The maximum absolute atomic E-state index is 12.0. The van der Waals surface area contributed by atoms with Crippen LogP contribution in [0.2, 0.25) is 0 Å². The number of carbonyl (C=O) groups is 1. The van der Waals surface area contributed by atoms with Crippen LogP contribution in [-0.4, -0.2) is 34.9 Å². The van der Waals surface area contributed by atoms with Crippen molar-refractivity contribution in [1.29, 1.82) is 0 Å². The van der Waals surface area contributed by atoms with E-state index in [1.165, 1.54) is 12.8 Å². The molecule has 1 unspecified atom stereocenters. The summed E-state index contributed by atoms with van der Waals surface area (Å²) in [6, 6.07) is 3.92. The van der Waals surface area contributed by atoms with Gasteiger partial charge in [0.05, 0.1) is 6.04 Å². The highest BCUT2D eigenvalue weighted by Gasteiger charge is 2.23. The van der Waals surface area contributed by atoms with Crippen LogP contribution >= 0.6 is 0 Å². The third-order valence-electron chi connectivity index (χ3n) is 3.50. The number of hydrogen-bond donors (Lipinski definition) is 1. The Morgan fingerprint density at radius 2 is 2.22 bits per heavy atom. The van der Waals surface area contributed by atoms with Crippen molar-refractivity contribution in [1.82, 2.24) is 15.2 Å². The smallest absolute Gasteiger partial charge is 0.237 e. The van der Waals surface area contributed by atoms with Crippen molar-refractivity contribution in [2.45, 2.75) is 39.3 Å². The van der Waals surface area contributed by atoms with Crippen molar-refractivity contribution in [3.8, 4) is 0 Å². The average Bonchev–Trinajstić information content (AvgIpc) is 2.89. The molecular weight excluding hydrogens is 226 g/mol. The number of rotatable bonds is 4. The van der Waals surface area contributed by atoms with Crippen molar-refractivity contribution < 1.29 is 4.79 Å². The van der Waals surface area contributed by atoms with E-state index in [2.05, 4.69) is 15.2 Å². The van der Waals surface area contributed by atoms with Gasteiger partial charge in [-0.05, 0) is 57.5 Å². The van der Waals surface area contributed by atoms with E-state index in [0.717, 1.165) is 24.3 Å². The summed E-state index contributed by atoms with van der Waals surface area (Å²) in [5.41, 5.74) is 2.08. The molecule has 18 heavy (non-hydrogen) atoms.